The summed E-state index contributed by atoms with van der Waals surface area (Å²) in [4.78, 5) is 12.4. The average Bonchev–Trinajstić information content (AvgIpc) is 2.49. The van der Waals surface area contributed by atoms with Gasteiger partial charge in [0.1, 0.15) is 5.75 Å². The van der Waals surface area contributed by atoms with Crippen LogP contribution in [0.1, 0.15) is 25.0 Å². The summed E-state index contributed by atoms with van der Waals surface area (Å²) in [5.41, 5.74) is 3.07. The Kier molecular flexibility index (Phi) is 5.61. The van der Waals surface area contributed by atoms with Crippen LogP contribution in [0.5, 0.6) is 5.75 Å². The normalized spacial score (nSPS) is 11.8. The van der Waals surface area contributed by atoms with Gasteiger partial charge < -0.3 is 10.1 Å². The lowest BCUT2D eigenvalue weighted by molar-refractivity contribution is -0.122. The van der Waals surface area contributed by atoms with Crippen LogP contribution in [0.2, 0.25) is 0 Å². The van der Waals surface area contributed by atoms with E-state index in [0.717, 1.165) is 27.7 Å². The van der Waals surface area contributed by atoms with Gasteiger partial charge in [0.2, 0.25) is 0 Å². The van der Waals surface area contributed by atoms with Crippen molar-refractivity contribution in [1.29, 1.82) is 0 Å². The lowest BCUT2D eigenvalue weighted by Gasteiger charge is -2.17. The monoisotopic (exact) mass is 361 g/mol. The molecule has 0 aliphatic heterocycles. The molecule has 2 aromatic carbocycles. The number of para-hydroxylation sites is 1. The zero-order chi connectivity index (χ0) is 16.1. The van der Waals surface area contributed by atoms with E-state index in [1.165, 1.54) is 0 Å². The molecule has 4 heteroatoms. The van der Waals surface area contributed by atoms with Crippen LogP contribution >= 0.6 is 15.9 Å². The highest BCUT2D eigenvalue weighted by Crippen LogP contribution is 2.22. The molecule has 1 N–H and O–H groups in total. The Balaban J connectivity index is 2.09. The van der Waals surface area contributed by atoms with Gasteiger partial charge in [0, 0.05) is 10.2 Å². The number of carbonyl (C=O) groups is 1. The van der Waals surface area contributed by atoms with E-state index in [1.807, 2.05) is 49.4 Å². The molecule has 0 saturated carbocycles. The van der Waals surface area contributed by atoms with Crippen LogP contribution in [0.15, 0.2) is 46.9 Å². The van der Waals surface area contributed by atoms with Gasteiger partial charge in [-0.15, -0.1) is 0 Å². The standard InChI is InChI=1S/C18H20BrNO2/c1-4-14-8-5-7-12(2)17(14)20-18(21)13(3)22-16-10-6-9-15(19)11-16/h5-11,13H,4H2,1-3H3,(H,20,21). The highest BCUT2D eigenvalue weighted by Gasteiger charge is 2.17. The second kappa shape index (κ2) is 7.45. The highest BCUT2D eigenvalue weighted by atomic mass is 79.9. The van der Waals surface area contributed by atoms with Crippen LogP contribution in [-0.2, 0) is 11.2 Å². The van der Waals surface area contributed by atoms with Crippen molar-refractivity contribution in [2.75, 3.05) is 5.32 Å². The minimum Gasteiger partial charge on any atom is -0.481 e. The Hall–Kier alpha value is -1.81. The first kappa shape index (κ1) is 16.6. The maximum atomic E-state index is 12.4. The zero-order valence-corrected chi connectivity index (χ0v) is 14.6. The first-order valence-corrected chi connectivity index (χ1v) is 8.12. The molecule has 0 aromatic heterocycles. The summed E-state index contributed by atoms with van der Waals surface area (Å²) >= 11 is 3.39. The predicted octanol–water partition coefficient (Wildman–Crippen LogP) is 4.73. The van der Waals surface area contributed by atoms with Crippen molar-refractivity contribution in [2.24, 2.45) is 0 Å². The largest absolute Gasteiger partial charge is 0.481 e. The summed E-state index contributed by atoms with van der Waals surface area (Å²) in [6, 6.07) is 13.5. The molecule has 0 spiro atoms. The zero-order valence-electron chi connectivity index (χ0n) is 13.0. The number of nitrogens with one attached hydrogen (secondary N) is 1. The molecule has 0 radical (unpaired) electrons. The van der Waals surface area contributed by atoms with Crippen molar-refractivity contribution >= 4 is 27.5 Å². The molecule has 2 rings (SSSR count). The first-order chi connectivity index (χ1) is 10.5. The number of hydrogen-bond donors (Lipinski definition) is 1. The Morgan fingerprint density at radius 3 is 2.68 bits per heavy atom. The average molecular weight is 362 g/mol. The predicted molar refractivity (Wildman–Crippen MR) is 93.4 cm³/mol. The van der Waals surface area contributed by atoms with E-state index >= 15 is 0 Å². The summed E-state index contributed by atoms with van der Waals surface area (Å²) in [7, 11) is 0. The molecule has 3 nitrogen and oxygen atoms in total. The minimum absolute atomic E-state index is 0.149. The molecular formula is C18H20BrNO2. The molecule has 0 heterocycles. The van der Waals surface area contributed by atoms with Gasteiger partial charge in [-0.3, -0.25) is 4.79 Å². The fraction of sp³-hybridized carbons (Fsp3) is 0.278. The second-order valence-electron chi connectivity index (χ2n) is 5.17. The van der Waals surface area contributed by atoms with E-state index < -0.39 is 6.10 Å². The summed E-state index contributed by atoms with van der Waals surface area (Å²) in [6.07, 6.45) is 0.302. The molecule has 0 aliphatic carbocycles. The van der Waals surface area contributed by atoms with Gasteiger partial charge in [-0.05, 0) is 49.6 Å². The topological polar surface area (TPSA) is 38.3 Å². The fourth-order valence-electron chi connectivity index (χ4n) is 2.22. The van der Waals surface area contributed by atoms with E-state index in [4.69, 9.17) is 4.74 Å². The number of anilines is 1. The van der Waals surface area contributed by atoms with Gasteiger partial charge in [0.05, 0.1) is 0 Å². The Morgan fingerprint density at radius 1 is 1.27 bits per heavy atom. The van der Waals surface area contributed by atoms with Gasteiger partial charge in [-0.1, -0.05) is 47.1 Å². The number of carbonyl (C=O) groups excluding carboxylic acids is 1. The Bertz CT molecular complexity index is 670. The third kappa shape index (κ3) is 4.10. The van der Waals surface area contributed by atoms with Gasteiger partial charge in [0.15, 0.2) is 6.10 Å². The van der Waals surface area contributed by atoms with Gasteiger partial charge in [-0.2, -0.15) is 0 Å². The van der Waals surface area contributed by atoms with E-state index in [9.17, 15) is 4.79 Å². The minimum atomic E-state index is -0.571. The van der Waals surface area contributed by atoms with Gasteiger partial charge in [0.25, 0.3) is 5.91 Å². The van der Waals surface area contributed by atoms with Crippen LogP contribution in [0.25, 0.3) is 0 Å². The number of hydrogen-bond acceptors (Lipinski definition) is 2. The maximum Gasteiger partial charge on any atom is 0.265 e. The summed E-state index contributed by atoms with van der Waals surface area (Å²) in [6.45, 7) is 5.82. The maximum absolute atomic E-state index is 12.4. The van der Waals surface area contributed by atoms with Gasteiger partial charge in [-0.25, -0.2) is 0 Å². The molecule has 0 bridgehead atoms. The molecule has 1 amide bonds. The van der Waals surface area contributed by atoms with Crippen LogP contribution in [0.3, 0.4) is 0 Å². The smallest absolute Gasteiger partial charge is 0.265 e. The van der Waals surface area contributed by atoms with E-state index in [0.29, 0.717) is 5.75 Å². The molecule has 1 unspecified atom stereocenters. The van der Waals surface area contributed by atoms with Crippen molar-refractivity contribution in [3.63, 3.8) is 0 Å². The Labute approximate surface area is 139 Å². The van der Waals surface area contributed by atoms with Crippen molar-refractivity contribution in [2.45, 2.75) is 33.3 Å². The van der Waals surface area contributed by atoms with Crippen molar-refractivity contribution in [3.8, 4) is 5.75 Å². The van der Waals surface area contributed by atoms with E-state index in [-0.39, 0.29) is 5.91 Å². The number of rotatable bonds is 5. The molecule has 116 valence electrons. The lowest BCUT2D eigenvalue weighted by atomic mass is 10.1. The summed E-state index contributed by atoms with van der Waals surface area (Å²) in [5.74, 6) is 0.515. The van der Waals surface area contributed by atoms with Crippen LogP contribution in [0, 0.1) is 6.92 Å². The number of benzene rings is 2. The van der Waals surface area contributed by atoms with Crippen molar-refractivity contribution in [1.82, 2.24) is 0 Å². The van der Waals surface area contributed by atoms with Gasteiger partial charge >= 0.3 is 0 Å². The number of aryl methyl sites for hydroxylation is 2. The third-order valence-electron chi connectivity index (χ3n) is 3.47. The molecule has 1 atom stereocenters. The molecular weight excluding hydrogens is 342 g/mol. The quantitative estimate of drug-likeness (QED) is 0.835. The highest BCUT2D eigenvalue weighted by molar-refractivity contribution is 9.10. The van der Waals surface area contributed by atoms with Crippen LogP contribution < -0.4 is 10.1 Å². The van der Waals surface area contributed by atoms with Crippen LogP contribution in [-0.4, -0.2) is 12.0 Å². The molecule has 22 heavy (non-hydrogen) atoms. The molecule has 0 fully saturated rings. The number of ether oxygens (including phenoxy) is 1. The van der Waals surface area contributed by atoms with E-state index in [2.05, 4.69) is 28.2 Å². The summed E-state index contributed by atoms with van der Waals surface area (Å²) < 4.78 is 6.62. The number of amides is 1. The third-order valence-corrected chi connectivity index (χ3v) is 3.96. The SMILES string of the molecule is CCc1cccc(C)c1NC(=O)C(C)Oc1cccc(Br)c1. The molecule has 0 saturated heterocycles. The Morgan fingerprint density at radius 2 is 2.00 bits per heavy atom. The van der Waals surface area contributed by atoms with Crippen molar-refractivity contribution in [3.05, 3.63) is 58.1 Å². The van der Waals surface area contributed by atoms with E-state index in [1.54, 1.807) is 6.92 Å². The molecule has 2 aromatic rings. The van der Waals surface area contributed by atoms with Crippen molar-refractivity contribution < 1.29 is 9.53 Å². The van der Waals surface area contributed by atoms with Crippen LogP contribution in [0.4, 0.5) is 5.69 Å². The first-order valence-electron chi connectivity index (χ1n) is 7.33. The summed E-state index contributed by atoms with van der Waals surface area (Å²) in [5, 5.41) is 2.99. The molecule has 0 aliphatic rings. The lowest BCUT2D eigenvalue weighted by Crippen LogP contribution is -2.30. The number of halogens is 1. The fourth-order valence-corrected chi connectivity index (χ4v) is 2.60. The second-order valence-corrected chi connectivity index (χ2v) is 6.08.